The molecule has 6 nitrogen and oxygen atoms in total. The van der Waals surface area contributed by atoms with Crippen molar-refractivity contribution in [2.75, 3.05) is 11.4 Å². The van der Waals surface area contributed by atoms with Crippen molar-refractivity contribution >= 4 is 5.69 Å². The maximum atomic E-state index is 5.80. The fourth-order valence-electron chi connectivity index (χ4n) is 2.24. The highest BCUT2D eigenvalue weighted by Crippen LogP contribution is 2.33. The molecule has 0 fully saturated rings. The SMILES string of the molecule is CC1CN(Cc2noc(CN)n2)c2ccccc2O1. The van der Waals surface area contributed by atoms with Crippen LogP contribution in [0.5, 0.6) is 5.75 Å². The van der Waals surface area contributed by atoms with Gasteiger partial charge in [-0.3, -0.25) is 0 Å². The van der Waals surface area contributed by atoms with Gasteiger partial charge in [0, 0.05) is 0 Å². The third kappa shape index (κ3) is 2.39. The number of nitrogens with two attached hydrogens (primary N) is 1. The second-order valence-electron chi connectivity index (χ2n) is 4.59. The van der Waals surface area contributed by atoms with Crippen molar-refractivity contribution in [1.29, 1.82) is 0 Å². The van der Waals surface area contributed by atoms with Crippen molar-refractivity contribution in [2.24, 2.45) is 5.73 Å². The van der Waals surface area contributed by atoms with Crippen molar-refractivity contribution in [3.05, 3.63) is 36.0 Å². The lowest BCUT2D eigenvalue weighted by atomic mass is 10.2. The molecule has 2 N–H and O–H groups in total. The van der Waals surface area contributed by atoms with E-state index in [-0.39, 0.29) is 12.6 Å². The topological polar surface area (TPSA) is 77.4 Å². The Morgan fingerprint density at radius 3 is 3.05 bits per heavy atom. The summed E-state index contributed by atoms with van der Waals surface area (Å²) >= 11 is 0. The van der Waals surface area contributed by atoms with Gasteiger partial charge in [-0.2, -0.15) is 4.98 Å². The van der Waals surface area contributed by atoms with Gasteiger partial charge in [0.2, 0.25) is 5.89 Å². The maximum Gasteiger partial charge on any atom is 0.240 e. The highest BCUT2D eigenvalue weighted by Gasteiger charge is 2.23. The first-order valence-electron chi connectivity index (χ1n) is 6.28. The first-order valence-corrected chi connectivity index (χ1v) is 6.28. The second-order valence-corrected chi connectivity index (χ2v) is 4.59. The number of nitrogens with zero attached hydrogens (tertiary/aromatic N) is 3. The zero-order chi connectivity index (χ0) is 13.2. The van der Waals surface area contributed by atoms with E-state index >= 15 is 0 Å². The van der Waals surface area contributed by atoms with E-state index < -0.39 is 0 Å². The lowest BCUT2D eigenvalue weighted by Gasteiger charge is -2.34. The third-order valence-corrected chi connectivity index (χ3v) is 3.03. The monoisotopic (exact) mass is 260 g/mol. The van der Waals surface area contributed by atoms with Crippen LogP contribution in [0.4, 0.5) is 5.69 Å². The van der Waals surface area contributed by atoms with E-state index in [0.29, 0.717) is 18.3 Å². The molecule has 1 aliphatic heterocycles. The molecule has 0 radical (unpaired) electrons. The zero-order valence-electron chi connectivity index (χ0n) is 10.7. The summed E-state index contributed by atoms with van der Waals surface area (Å²) in [5, 5.41) is 3.93. The minimum Gasteiger partial charge on any atom is -0.487 e. The van der Waals surface area contributed by atoms with E-state index in [2.05, 4.69) is 15.0 Å². The van der Waals surface area contributed by atoms with Gasteiger partial charge >= 0.3 is 0 Å². The van der Waals surface area contributed by atoms with Crippen LogP contribution < -0.4 is 15.4 Å². The zero-order valence-corrected chi connectivity index (χ0v) is 10.7. The van der Waals surface area contributed by atoms with Crippen molar-refractivity contribution in [3.63, 3.8) is 0 Å². The quantitative estimate of drug-likeness (QED) is 0.896. The van der Waals surface area contributed by atoms with Gasteiger partial charge in [0.25, 0.3) is 0 Å². The third-order valence-electron chi connectivity index (χ3n) is 3.03. The highest BCUT2D eigenvalue weighted by atomic mass is 16.5. The molecule has 1 atom stereocenters. The highest BCUT2D eigenvalue weighted by molar-refractivity contribution is 5.59. The number of fused-ring (bicyclic) bond motifs is 1. The van der Waals surface area contributed by atoms with E-state index in [1.165, 1.54) is 0 Å². The molecule has 19 heavy (non-hydrogen) atoms. The van der Waals surface area contributed by atoms with Crippen LogP contribution in [0, 0.1) is 0 Å². The van der Waals surface area contributed by atoms with Gasteiger partial charge in [0.05, 0.1) is 25.3 Å². The van der Waals surface area contributed by atoms with Gasteiger partial charge in [0.15, 0.2) is 5.82 Å². The molecule has 100 valence electrons. The van der Waals surface area contributed by atoms with Crippen LogP contribution in [0.25, 0.3) is 0 Å². The van der Waals surface area contributed by atoms with Crippen LogP contribution in [0.1, 0.15) is 18.6 Å². The van der Waals surface area contributed by atoms with Gasteiger partial charge in [0.1, 0.15) is 11.9 Å². The summed E-state index contributed by atoms with van der Waals surface area (Å²) < 4.78 is 10.8. The molecular weight excluding hydrogens is 244 g/mol. The largest absolute Gasteiger partial charge is 0.487 e. The second kappa shape index (κ2) is 4.89. The number of anilines is 1. The Kier molecular flexibility index (Phi) is 3.08. The van der Waals surface area contributed by atoms with E-state index in [1.807, 2.05) is 31.2 Å². The number of hydrogen-bond acceptors (Lipinski definition) is 6. The van der Waals surface area contributed by atoms with E-state index in [0.717, 1.165) is 18.0 Å². The van der Waals surface area contributed by atoms with Crippen molar-refractivity contribution in [2.45, 2.75) is 26.1 Å². The van der Waals surface area contributed by atoms with Crippen molar-refractivity contribution < 1.29 is 9.26 Å². The van der Waals surface area contributed by atoms with Crippen LogP contribution in [-0.2, 0) is 13.1 Å². The number of benzene rings is 1. The van der Waals surface area contributed by atoms with Crippen LogP contribution in [0.3, 0.4) is 0 Å². The van der Waals surface area contributed by atoms with Gasteiger partial charge in [-0.1, -0.05) is 17.3 Å². The van der Waals surface area contributed by atoms with E-state index in [4.69, 9.17) is 15.0 Å². The molecule has 0 saturated heterocycles. The lowest BCUT2D eigenvalue weighted by molar-refractivity contribution is 0.211. The van der Waals surface area contributed by atoms with Gasteiger partial charge in [-0.25, -0.2) is 0 Å². The average molecular weight is 260 g/mol. The predicted molar refractivity (Wildman–Crippen MR) is 69.8 cm³/mol. The molecule has 0 aliphatic carbocycles. The standard InChI is InChI=1S/C13H16N4O2/c1-9-7-17(8-12-15-13(6-14)19-16-12)10-4-2-3-5-11(10)18-9/h2-5,9H,6-8,14H2,1H3. The predicted octanol–water partition coefficient (Wildman–Crippen LogP) is 1.32. The van der Waals surface area contributed by atoms with Crippen LogP contribution in [0.2, 0.25) is 0 Å². The van der Waals surface area contributed by atoms with Crippen LogP contribution >= 0.6 is 0 Å². The summed E-state index contributed by atoms with van der Waals surface area (Å²) in [5.41, 5.74) is 6.52. The Hall–Kier alpha value is -2.08. The molecule has 0 bridgehead atoms. The Bertz CT molecular complexity index is 569. The molecule has 2 heterocycles. The minimum absolute atomic E-state index is 0.135. The molecule has 0 amide bonds. The van der Waals surface area contributed by atoms with Crippen LogP contribution in [-0.4, -0.2) is 22.8 Å². The van der Waals surface area contributed by atoms with E-state index in [1.54, 1.807) is 0 Å². The molecule has 3 rings (SSSR count). The van der Waals surface area contributed by atoms with Crippen molar-refractivity contribution in [1.82, 2.24) is 10.1 Å². The number of para-hydroxylation sites is 2. The Labute approximate surface area is 111 Å². The summed E-state index contributed by atoms with van der Waals surface area (Å²) in [6.07, 6.45) is 0.135. The summed E-state index contributed by atoms with van der Waals surface area (Å²) in [5.74, 6) is 2.00. The summed E-state index contributed by atoms with van der Waals surface area (Å²) in [6.45, 7) is 3.70. The molecule has 1 aromatic heterocycles. The Balaban J connectivity index is 1.84. The molecular formula is C13H16N4O2. The molecule has 1 unspecified atom stereocenters. The average Bonchev–Trinajstić information content (AvgIpc) is 2.86. The maximum absolute atomic E-state index is 5.80. The molecule has 2 aromatic rings. The molecule has 1 aromatic carbocycles. The molecule has 1 aliphatic rings. The summed E-state index contributed by atoms with van der Waals surface area (Å²) in [7, 11) is 0. The summed E-state index contributed by atoms with van der Waals surface area (Å²) in [6, 6.07) is 7.97. The van der Waals surface area contributed by atoms with Gasteiger partial charge in [-0.15, -0.1) is 0 Å². The number of rotatable bonds is 3. The fourth-order valence-corrected chi connectivity index (χ4v) is 2.24. The molecule has 6 heteroatoms. The Morgan fingerprint density at radius 2 is 2.26 bits per heavy atom. The minimum atomic E-state index is 0.135. The van der Waals surface area contributed by atoms with E-state index in [9.17, 15) is 0 Å². The smallest absolute Gasteiger partial charge is 0.240 e. The first-order chi connectivity index (χ1) is 9.26. The van der Waals surface area contributed by atoms with Gasteiger partial charge in [-0.05, 0) is 19.1 Å². The number of ether oxygens (including phenoxy) is 1. The molecule has 0 spiro atoms. The van der Waals surface area contributed by atoms with Crippen molar-refractivity contribution in [3.8, 4) is 5.75 Å². The van der Waals surface area contributed by atoms with Gasteiger partial charge < -0.3 is 19.9 Å². The number of aromatic nitrogens is 2. The fraction of sp³-hybridized carbons (Fsp3) is 0.385. The first kappa shape index (κ1) is 12.0. The Morgan fingerprint density at radius 1 is 1.42 bits per heavy atom. The van der Waals surface area contributed by atoms with Crippen LogP contribution in [0.15, 0.2) is 28.8 Å². The molecule has 0 saturated carbocycles. The number of hydrogen-bond donors (Lipinski definition) is 1. The normalized spacial score (nSPS) is 18.0. The lowest BCUT2D eigenvalue weighted by Crippen LogP contribution is -2.38. The summed E-state index contributed by atoms with van der Waals surface area (Å²) in [4.78, 5) is 6.42.